The quantitative estimate of drug-likeness (QED) is 0.640. The number of carbonyl (C=O) groups is 1. The maximum atomic E-state index is 11.5. The molecule has 0 radical (unpaired) electrons. The van der Waals surface area contributed by atoms with Crippen molar-refractivity contribution in [3.63, 3.8) is 0 Å². The van der Waals surface area contributed by atoms with Gasteiger partial charge in [-0.05, 0) is 19.9 Å². The minimum absolute atomic E-state index is 0.0825. The molecule has 0 unspecified atom stereocenters. The van der Waals surface area contributed by atoms with Gasteiger partial charge in [0.15, 0.2) is 0 Å². The smallest absolute Gasteiger partial charge is 0.414 e. The second-order valence-corrected chi connectivity index (χ2v) is 3.24. The van der Waals surface area contributed by atoms with Gasteiger partial charge in [0.2, 0.25) is 0 Å². The van der Waals surface area contributed by atoms with E-state index in [0.29, 0.717) is 6.54 Å². The maximum absolute atomic E-state index is 11.5. The van der Waals surface area contributed by atoms with Crippen LogP contribution in [0.4, 0.5) is 4.79 Å². The van der Waals surface area contributed by atoms with Gasteiger partial charge >= 0.3 is 6.09 Å². The topological polar surface area (TPSA) is 29.5 Å². The Morgan fingerprint density at radius 1 is 1.29 bits per heavy atom. The molecule has 0 spiro atoms. The molecule has 0 bridgehead atoms. The molecular weight excluding hydrogens is 178 g/mol. The molecule has 0 fully saturated rings. The molecule has 1 amide bonds. The first kappa shape index (κ1) is 10.6. The van der Waals surface area contributed by atoms with E-state index < -0.39 is 0 Å². The molecular formula is C11H15NO2. The summed E-state index contributed by atoms with van der Waals surface area (Å²) in [6.45, 7) is 4.22. The molecule has 0 aromatic heterocycles. The van der Waals surface area contributed by atoms with E-state index in [1.807, 2.05) is 44.2 Å². The molecule has 0 aromatic carbocycles. The van der Waals surface area contributed by atoms with Crippen LogP contribution in [-0.4, -0.2) is 23.6 Å². The van der Waals surface area contributed by atoms with Crippen molar-refractivity contribution in [2.75, 3.05) is 6.54 Å². The monoisotopic (exact) mass is 193 g/mol. The minimum atomic E-state index is -0.309. The standard InChI is InChI=1S/C11H15NO2/c1-10(2)14-11(13)12-8-6-4-3-5-7-9-12/h3-8,10H,9H2,1-2H3/b4-3-,7-5-,8-6-. The van der Waals surface area contributed by atoms with Crippen LogP contribution in [0, 0.1) is 0 Å². The second kappa shape index (κ2) is 5.27. The first-order valence-electron chi connectivity index (χ1n) is 4.67. The van der Waals surface area contributed by atoms with Crippen LogP contribution in [0.15, 0.2) is 36.6 Å². The molecule has 14 heavy (non-hydrogen) atoms. The van der Waals surface area contributed by atoms with Gasteiger partial charge < -0.3 is 4.74 Å². The predicted molar refractivity (Wildman–Crippen MR) is 55.7 cm³/mol. The number of rotatable bonds is 1. The summed E-state index contributed by atoms with van der Waals surface area (Å²) in [7, 11) is 0. The number of nitrogens with zero attached hydrogens (tertiary/aromatic N) is 1. The van der Waals surface area contributed by atoms with Crippen molar-refractivity contribution in [3.05, 3.63) is 36.6 Å². The van der Waals surface area contributed by atoms with Gasteiger partial charge in [-0.2, -0.15) is 0 Å². The third-order valence-corrected chi connectivity index (χ3v) is 1.61. The van der Waals surface area contributed by atoms with Crippen molar-refractivity contribution in [3.8, 4) is 0 Å². The Bertz CT molecular complexity index is 277. The predicted octanol–water partition coefficient (Wildman–Crippen LogP) is 2.47. The van der Waals surface area contributed by atoms with Gasteiger partial charge in [-0.3, -0.25) is 4.90 Å². The molecule has 76 valence electrons. The molecule has 0 saturated heterocycles. The van der Waals surface area contributed by atoms with E-state index in [1.165, 1.54) is 4.90 Å². The number of carbonyl (C=O) groups excluding carboxylic acids is 1. The summed E-state index contributed by atoms with van der Waals surface area (Å²) in [6.07, 6.45) is 10.7. The van der Waals surface area contributed by atoms with Crippen molar-refractivity contribution < 1.29 is 9.53 Å². The van der Waals surface area contributed by atoms with Crippen LogP contribution < -0.4 is 0 Å². The Labute approximate surface area is 84.3 Å². The number of hydrogen-bond acceptors (Lipinski definition) is 2. The SMILES string of the molecule is CC(C)OC(=O)N1\C=C/C=C\C=C/C1. The molecule has 1 heterocycles. The summed E-state index contributed by atoms with van der Waals surface area (Å²) < 4.78 is 5.06. The van der Waals surface area contributed by atoms with Crippen LogP contribution in [0.2, 0.25) is 0 Å². The number of amides is 1. The molecule has 1 aliphatic rings. The molecule has 3 nitrogen and oxygen atoms in total. The van der Waals surface area contributed by atoms with E-state index >= 15 is 0 Å². The first-order chi connectivity index (χ1) is 6.70. The van der Waals surface area contributed by atoms with Gasteiger partial charge in [-0.15, -0.1) is 0 Å². The van der Waals surface area contributed by atoms with Crippen molar-refractivity contribution in [1.82, 2.24) is 4.90 Å². The van der Waals surface area contributed by atoms with Crippen LogP contribution in [0.3, 0.4) is 0 Å². The van der Waals surface area contributed by atoms with Gasteiger partial charge in [0.1, 0.15) is 0 Å². The molecule has 1 rings (SSSR count). The van der Waals surface area contributed by atoms with Gasteiger partial charge in [0.05, 0.1) is 6.10 Å². The Morgan fingerprint density at radius 2 is 2.00 bits per heavy atom. The molecule has 3 heteroatoms. The van der Waals surface area contributed by atoms with E-state index in [1.54, 1.807) is 6.20 Å². The van der Waals surface area contributed by atoms with E-state index in [2.05, 4.69) is 0 Å². The summed E-state index contributed by atoms with van der Waals surface area (Å²) in [5.74, 6) is 0. The molecule has 0 N–H and O–H groups in total. The van der Waals surface area contributed by atoms with E-state index in [0.717, 1.165) is 0 Å². The molecule has 0 atom stereocenters. The third kappa shape index (κ3) is 3.47. The highest BCUT2D eigenvalue weighted by Crippen LogP contribution is 2.01. The fourth-order valence-electron chi connectivity index (χ4n) is 1.00. The summed E-state index contributed by atoms with van der Waals surface area (Å²) in [5, 5.41) is 0. The summed E-state index contributed by atoms with van der Waals surface area (Å²) >= 11 is 0. The van der Waals surface area contributed by atoms with Gasteiger partial charge in [0.25, 0.3) is 0 Å². The molecule has 1 aliphatic heterocycles. The van der Waals surface area contributed by atoms with Crippen molar-refractivity contribution in [2.45, 2.75) is 20.0 Å². The lowest BCUT2D eigenvalue weighted by atomic mass is 10.3. The number of ether oxygens (including phenoxy) is 1. The lowest BCUT2D eigenvalue weighted by Gasteiger charge is -2.18. The van der Waals surface area contributed by atoms with Crippen LogP contribution in [-0.2, 0) is 4.74 Å². The lowest BCUT2D eigenvalue weighted by Crippen LogP contribution is -2.28. The van der Waals surface area contributed by atoms with Crippen LogP contribution in [0.25, 0.3) is 0 Å². The van der Waals surface area contributed by atoms with Gasteiger partial charge in [-0.25, -0.2) is 4.79 Å². The van der Waals surface area contributed by atoms with E-state index in [-0.39, 0.29) is 12.2 Å². The number of hydrogen-bond donors (Lipinski definition) is 0. The zero-order valence-corrected chi connectivity index (χ0v) is 8.51. The Kier molecular flexibility index (Phi) is 3.98. The number of allylic oxidation sites excluding steroid dienone is 4. The molecule has 0 aromatic rings. The highest BCUT2D eigenvalue weighted by atomic mass is 16.6. The largest absolute Gasteiger partial charge is 0.446 e. The normalized spacial score (nSPS) is 22.4. The highest BCUT2D eigenvalue weighted by molar-refractivity contribution is 5.69. The average molecular weight is 193 g/mol. The second-order valence-electron chi connectivity index (χ2n) is 3.24. The zero-order valence-electron chi connectivity index (χ0n) is 8.51. The Morgan fingerprint density at radius 3 is 2.71 bits per heavy atom. The Hall–Kier alpha value is -1.51. The lowest BCUT2D eigenvalue weighted by molar-refractivity contribution is 0.0918. The van der Waals surface area contributed by atoms with Crippen molar-refractivity contribution in [1.29, 1.82) is 0 Å². The molecule has 0 saturated carbocycles. The first-order valence-corrected chi connectivity index (χ1v) is 4.67. The fourth-order valence-corrected chi connectivity index (χ4v) is 1.00. The Balaban J connectivity index is 2.58. The summed E-state index contributed by atoms with van der Waals surface area (Å²) in [6, 6.07) is 0. The molecule has 0 aliphatic carbocycles. The fraction of sp³-hybridized carbons (Fsp3) is 0.364. The van der Waals surface area contributed by atoms with Crippen molar-refractivity contribution in [2.24, 2.45) is 0 Å². The van der Waals surface area contributed by atoms with Crippen molar-refractivity contribution >= 4 is 6.09 Å². The van der Waals surface area contributed by atoms with E-state index in [9.17, 15) is 4.79 Å². The summed E-state index contributed by atoms with van der Waals surface area (Å²) in [5.41, 5.74) is 0. The van der Waals surface area contributed by atoms with Gasteiger partial charge in [-0.1, -0.05) is 24.3 Å². The van der Waals surface area contributed by atoms with E-state index in [4.69, 9.17) is 4.74 Å². The maximum Gasteiger partial charge on any atom is 0.414 e. The zero-order chi connectivity index (χ0) is 10.4. The average Bonchev–Trinajstić information content (AvgIpc) is 2.00. The van der Waals surface area contributed by atoms with Crippen LogP contribution in [0.5, 0.6) is 0 Å². The third-order valence-electron chi connectivity index (χ3n) is 1.61. The van der Waals surface area contributed by atoms with Crippen LogP contribution in [0.1, 0.15) is 13.8 Å². The van der Waals surface area contributed by atoms with Gasteiger partial charge in [0, 0.05) is 12.7 Å². The van der Waals surface area contributed by atoms with Crippen LogP contribution >= 0.6 is 0 Å². The highest BCUT2D eigenvalue weighted by Gasteiger charge is 2.11. The summed E-state index contributed by atoms with van der Waals surface area (Å²) in [4.78, 5) is 13.0. The minimum Gasteiger partial charge on any atom is -0.446 e.